The molecule has 0 saturated heterocycles. The zero-order chi connectivity index (χ0) is 13.0. The fourth-order valence-corrected chi connectivity index (χ4v) is 1.70. The average Bonchev–Trinajstić information content (AvgIpc) is 2.40. The van der Waals surface area contributed by atoms with Crippen molar-refractivity contribution in [1.82, 2.24) is 10.3 Å². The first-order valence-electron chi connectivity index (χ1n) is 5.75. The van der Waals surface area contributed by atoms with E-state index < -0.39 is 0 Å². The van der Waals surface area contributed by atoms with Crippen LogP contribution in [0.3, 0.4) is 0 Å². The van der Waals surface area contributed by atoms with Gasteiger partial charge in [-0.1, -0.05) is 30.3 Å². The first-order valence-corrected chi connectivity index (χ1v) is 5.75. The molecule has 2 aromatic rings. The van der Waals surface area contributed by atoms with E-state index in [4.69, 9.17) is 5.73 Å². The summed E-state index contributed by atoms with van der Waals surface area (Å²) in [6.45, 7) is 1.92. The van der Waals surface area contributed by atoms with Gasteiger partial charge in [0.15, 0.2) is 5.69 Å². The number of anilines is 1. The van der Waals surface area contributed by atoms with Crippen molar-refractivity contribution < 1.29 is 4.79 Å². The van der Waals surface area contributed by atoms with Crippen molar-refractivity contribution >= 4 is 11.6 Å². The van der Waals surface area contributed by atoms with Crippen molar-refractivity contribution in [3.8, 4) is 0 Å². The number of aromatic nitrogens is 1. The molecule has 0 aliphatic carbocycles. The van der Waals surface area contributed by atoms with Crippen LogP contribution in [0, 0.1) is 0 Å². The number of amides is 1. The predicted octanol–water partition coefficient (Wildman–Crippen LogP) is 2.15. The number of carbonyl (C=O) groups excluding carboxylic acids is 1. The molecule has 4 heteroatoms. The van der Waals surface area contributed by atoms with Gasteiger partial charge in [-0.3, -0.25) is 4.79 Å². The van der Waals surface area contributed by atoms with Crippen LogP contribution >= 0.6 is 0 Å². The minimum absolute atomic E-state index is 0.0832. The molecule has 1 heterocycles. The maximum absolute atomic E-state index is 12.0. The Morgan fingerprint density at radius 3 is 2.61 bits per heavy atom. The van der Waals surface area contributed by atoms with E-state index in [0.29, 0.717) is 5.69 Å². The standard InChI is InChI=1S/C14H15N3O/c1-10(11-6-3-2-4-7-11)17-14(18)13-12(15)8-5-9-16-13/h2-10H,15H2,1H3,(H,17,18)/t10-/m1/s1. The zero-order valence-corrected chi connectivity index (χ0v) is 10.1. The second-order valence-electron chi connectivity index (χ2n) is 4.05. The molecular weight excluding hydrogens is 226 g/mol. The number of pyridine rings is 1. The fourth-order valence-electron chi connectivity index (χ4n) is 1.70. The van der Waals surface area contributed by atoms with Gasteiger partial charge in [-0.15, -0.1) is 0 Å². The highest BCUT2D eigenvalue weighted by molar-refractivity contribution is 5.97. The van der Waals surface area contributed by atoms with Gasteiger partial charge in [-0.05, 0) is 24.6 Å². The summed E-state index contributed by atoms with van der Waals surface area (Å²) in [4.78, 5) is 16.0. The highest BCUT2D eigenvalue weighted by Gasteiger charge is 2.14. The van der Waals surface area contributed by atoms with Gasteiger partial charge < -0.3 is 11.1 Å². The van der Waals surface area contributed by atoms with E-state index in [1.54, 1.807) is 18.3 Å². The minimum atomic E-state index is -0.260. The van der Waals surface area contributed by atoms with E-state index in [1.165, 1.54) is 0 Å². The molecule has 4 nitrogen and oxygen atoms in total. The molecule has 1 aromatic heterocycles. The maximum Gasteiger partial charge on any atom is 0.272 e. The third-order valence-corrected chi connectivity index (χ3v) is 2.70. The molecule has 3 N–H and O–H groups in total. The summed E-state index contributed by atoms with van der Waals surface area (Å²) in [6, 6.07) is 13.0. The number of nitrogens with one attached hydrogen (secondary N) is 1. The molecule has 1 atom stereocenters. The fraction of sp³-hybridized carbons (Fsp3) is 0.143. The van der Waals surface area contributed by atoms with E-state index in [0.717, 1.165) is 5.56 Å². The van der Waals surface area contributed by atoms with Crippen molar-refractivity contribution in [2.45, 2.75) is 13.0 Å². The van der Waals surface area contributed by atoms with Gasteiger partial charge in [0.1, 0.15) is 0 Å². The number of hydrogen-bond donors (Lipinski definition) is 2. The van der Waals surface area contributed by atoms with Crippen LogP contribution in [0.25, 0.3) is 0 Å². The van der Waals surface area contributed by atoms with Crippen LogP contribution in [0.4, 0.5) is 5.69 Å². The Hall–Kier alpha value is -2.36. The average molecular weight is 241 g/mol. The number of nitrogens with two attached hydrogens (primary N) is 1. The van der Waals surface area contributed by atoms with Crippen molar-refractivity contribution in [2.24, 2.45) is 0 Å². The van der Waals surface area contributed by atoms with Gasteiger partial charge in [0.05, 0.1) is 11.7 Å². The van der Waals surface area contributed by atoms with Crippen LogP contribution in [-0.2, 0) is 0 Å². The predicted molar refractivity (Wildman–Crippen MR) is 71.0 cm³/mol. The normalized spacial score (nSPS) is 11.8. The zero-order valence-electron chi connectivity index (χ0n) is 10.1. The lowest BCUT2D eigenvalue weighted by molar-refractivity contribution is 0.0936. The first-order chi connectivity index (χ1) is 8.68. The van der Waals surface area contributed by atoms with Gasteiger partial charge in [-0.25, -0.2) is 4.98 Å². The Balaban J connectivity index is 2.11. The lowest BCUT2D eigenvalue weighted by Crippen LogP contribution is -2.28. The number of benzene rings is 1. The Kier molecular flexibility index (Phi) is 3.57. The van der Waals surface area contributed by atoms with Crippen LogP contribution in [-0.4, -0.2) is 10.9 Å². The largest absolute Gasteiger partial charge is 0.397 e. The maximum atomic E-state index is 12.0. The van der Waals surface area contributed by atoms with Crippen molar-refractivity contribution in [2.75, 3.05) is 5.73 Å². The van der Waals surface area contributed by atoms with E-state index in [-0.39, 0.29) is 17.6 Å². The van der Waals surface area contributed by atoms with Gasteiger partial charge in [0.2, 0.25) is 0 Å². The molecule has 2 rings (SSSR count). The topological polar surface area (TPSA) is 68.0 Å². The lowest BCUT2D eigenvalue weighted by Gasteiger charge is -2.14. The summed E-state index contributed by atoms with van der Waals surface area (Å²) in [5.41, 5.74) is 7.40. The summed E-state index contributed by atoms with van der Waals surface area (Å²) in [5, 5.41) is 2.87. The SMILES string of the molecule is C[C@@H](NC(=O)c1ncccc1N)c1ccccc1. The Morgan fingerprint density at radius 1 is 1.22 bits per heavy atom. The van der Waals surface area contributed by atoms with Crippen LogP contribution in [0.15, 0.2) is 48.7 Å². The Labute approximate surface area is 106 Å². The monoisotopic (exact) mass is 241 g/mol. The third kappa shape index (κ3) is 2.66. The highest BCUT2D eigenvalue weighted by Crippen LogP contribution is 2.13. The molecule has 0 bridgehead atoms. The van der Waals surface area contributed by atoms with Gasteiger partial charge in [0.25, 0.3) is 5.91 Å². The quantitative estimate of drug-likeness (QED) is 0.865. The molecule has 0 radical (unpaired) electrons. The summed E-state index contributed by atoms with van der Waals surface area (Å²) < 4.78 is 0. The summed E-state index contributed by atoms with van der Waals surface area (Å²) in [5.74, 6) is -0.260. The lowest BCUT2D eigenvalue weighted by atomic mass is 10.1. The molecule has 1 aromatic carbocycles. The minimum Gasteiger partial charge on any atom is -0.397 e. The van der Waals surface area contributed by atoms with Gasteiger partial charge in [-0.2, -0.15) is 0 Å². The van der Waals surface area contributed by atoms with Gasteiger partial charge >= 0.3 is 0 Å². The smallest absolute Gasteiger partial charge is 0.272 e. The van der Waals surface area contributed by atoms with E-state index >= 15 is 0 Å². The number of nitrogen functional groups attached to an aromatic ring is 1. The molecule has 92 valence electrons. The molecule has 1 amide bonds. The highest BCUT2D eigenvalue weighted by atomic mass is 16.1. The number of carbonyl (C=O) groups is 1. The van der Waals surface area contributed by atoms with E-state index in [1.807, 2.05) is 37.3 Å². The number of nitrogens with zero attached hydrogens (tertiary/aromatic N) is 1. The third-order valence-electron chi connectivity index (χ3n) is 2.70. The van der Waals surface area contributed by atoms with Crippen LogP contribution < -0.4 is 11.1 Å². The Morgan fingerprint density at radius 2 is 1.94 bits per heavy atom. The Bertz CT molecular complexity index is 540. The molecule has 0 aliphatic heterocycles. The second kappa shape index (κ2) is 5.31. The molecular formula is C14H15N3O. The molecule has 0 aliphatic rings. The van der Waals surface area contributed by atoms with Crippen molar-refractivity contribution in [3.63, 3.8) is 0 Å². The summed E-state index contributed by atoms with van der Waals surface area (Å²) >= 11 is 0. The second-order valence-corrected chi connectivity index (χ2v) is 4.05. The molecule has 0 fully saturated rings. The van der Waals surface area contributed by atoms with Crippen molar-refractivity contribution in [3.05, 3.63) is 59.9 Å². The molecule has 0 saturated carbocycles. The summed E-state index contributed by atoms with van der Waals surface area (Å²) in [6.07, 6.45) is 1.55. The van der Waals surface area contributed by atoms with Gasteiger partial charge in [0, 0.05) is 6.20 Å². The molecule has 0 spiro atoms. The molecule has 18 heavy (non-hydrogen) atoms. The number of rotatable bonds is 3. The first kappa shape index (κ1) is 12.1. The van der Waals surface area contributed by atoms with Crippen LogP contribution in [0.2, 0.25) is 0 Å². The van der Waals surface area contributed by atoms with E-state index in [2.05, 4.69) is 10.3 Å². The van der Waals surface area contributed by atoms with Crippen LogP contribution in [0.5, 0.6) is 0 Å². The summed E-state index contributed by atoms with van der Waals surface area (Å²) in [7, 11) is 0. The molecule has 0 unspecified atom stereocenters. The van der Waals surface area contributed by atoms with E-state index in [9.17, 15) is 4.79 Å². The number of hydrogen-bond acceptors (Lipinski definition) is 3. The van der Waals surface area contributed by atoms with Crippen LogP contribution in [0.1, 0.15) is 29.0 Å². The van der Waals surface area contributed by atoms with Crippen molar-refractivity contribution in [1.29, 1.82) is 0 Å².